The van der Waals surface area contributed by atoms with E-state index in [9.17, 15) is 23.2 Å². The zero-order chi connectivity index (χ0) is 22.7. The molecule has 10 heteroatoms. The Morgan fingerprint density at radius 2 is 1.84 bits per heavy atom. The summed E-state index contributed by atoms with van der Waals surface area (Å²) in [4.78, 5) is 39.8. The molecule has 3 amide bonds. The number of nitrogens with zero attached hydrogens (tertiary/aromatic N) is 2. The van der Waals surface area contributed by atoms with E-state index in [-0.39, 0.29) is 10.6 Å². The Morgan fingerprint density at radius 3 is 2.56 bits per heavy atom. The number of anilines is 2. The highest BCUT2D eigenvalue weighted by Gasteiger charge is 2.36. The molecule has 0 aliphatic carbocycles. The molecule has 7 nitrogen and oxygen atoms in total. The summed E-state index contributed by atoms with van der Waals surface area (Å²) >= 11 is 0.661. The quantitative estimate of drug-likeness (QED) is 0.690. The van der Waals surface area contributed by atoms with E-state index in [4.69, 9.17) is 4.74 Å². The summed E-state index contributed by atoms with van der Waals surface area (Å²) in [5.74, 6) is -2.44. The van der Waals surface area contributed by atoms with Gasteiger partial charge in [-0.05, 0) is 47.7 Å². The van der Waals surface area contributed by atoms with Gasteiger partial charge in [0.25, 0.3) is 11.1 Å². The minimum Gasteiger partial charge on any atom is -0.378 e. The van der Waals surface area contributed by atoms with E-state index in [0.29, 0.717) is 49.3 Å². The number of benzene rings is 2. The number of ether oxygens (including phenoxy) is 1. The molecule has 2 saturated heterocycles. The Labute approximate surface area is 187 Å². The fraction of sp³-hybridized carbons (Fsp3) is 0.227. The van der Waals surface area contributed by atoms with Crippen LogP contribution < -0.4 is 10.2 Å². The van der Waals surface area contributed by atoms with Crippen molar-refractivity contribution in [1.29, 1.82) is 0 Å². The van der Waals surface area contributed by atoms with Gasteiger partial charge in [0, 0.05) is 13.1 Å². The molecular formula is C22H19F2N3O4S. The Bertz CT molecular complexity index is 1100. The lowest BCUT2D eigenvalue weighted by molar-refractivity contribution is -0.127. The lowest BCUT2D eigenvalue weighted by atomic mass is 10.1. The Balaban J connectivity index is 1.44. The molecule has 1 N–H and O–H groups in total. The van der Waals surface area contributed by atoms with Gasteiger partial charge < -0.3 is 15.0 Å². The molecule has 0 saturated carbocycles. The number of rotatable bonds is 5. The molecule has 0 radical (unpaired) electrons. The molecule has 166 valence electrons. The number of morpholine rings is 1. The highest BCUT2D eigenvalue weighted by atomic mass is 32.2. The maximum Gasteiger partial charge on any atom is 0.294 e. The van der Waals surface area contributed by atoms with Crippen molar-refractivity contribution in [3.63, 3.8) is 0 Å². The van der Waals surface area contributed by atoms with Crippen molar-refractivity contribution in [2.45, 2.75) is 0 Å². The van der Waals surface area contributed by atoms with Gasteiger partial charge in [-0.3, -0.25) is 19.3 Å². The minimum atomic E-state index is -0.709. The van der Waals surface area contributed by atoms with Crippen LogP contribution in [0.5, 0.6) is 0 Å². The number of amides is 3. The molecule has 2 aromatic carbocycles. The largest absolute Gasteiger partial charge is 0.378 e. The van der Waals surface area contributed by atoms with Crippen LogP contribution in [-0.2, 0) is 14.3 Å². The second-order valence-electron chi connectivity index (χ2n) is 7.11. The molecule has 2 heterocycles. The zero-order valence-electron chi connectivity index (χ0n) is 16.8. The van der Waals surface area contributed by atoms with Gasteiger partial charge in [-0.1, -0.05) is 18.2 Å². The van der Waals surface area contributed by atoms with Gasteiger partial charge in [0.1, 0.15) is 18.2 Å². The van der Waals surface area contributed by atoms with E-state index < -0.39 is 35.2 Å². The maximum absolute atomic E-state index is 14.6. The lowest BCUT2D eigenvalue weighted by Gasteiger charge is -2.29. The topological polar surface area (TPSA) is 79.0 Å². The van der Waals surface area contributed by atoms with Gasteiger partial charge in [0.15, 0.2) is 0 Å². The van der Waals surface area contributed by atoms with E-state index in [1.807, 2.05) is 4.90 Å². The second kappa shape index (κ2) is 9.49. The zero-order valence-corrected chi connectivity index (χ0v) is 17.7. The van der Waals surface area contributed by atoms with Crippen LogP contribution in [0.4, 0.5) is 25.0 Å². The van der Waals surface area contributed by atoms with Crippen LogP contribution in [-0.4, -0.2) is 54.8 Å². The number of para-hydroxylation sites is 1. The third-order valence-electron chi connectivity index (χ3n) is 4.94. The summed E-state index contributed by atoms with van der Waals surface area (Å²) in [6.07, 6.45) is 1.41. The fourth-order valence-corrected chi connectivity index (χ4v) is 4.20. The van der Waals surface area contributed by atoms with Crippen molar-refractivity contribution < 1.29 is 27.9 Å². The molecule has 2 aromatic rings. The number of hydrogen-bond donors (Lipinski definition) is 1. The Morgan fingerprint density at radius 1 is 1.09 bits per heavy atom. The van der Waals surface area contributed by atoms with Crippen LogP contribution in [0.3, 0.4) is 0 Å². The lowest BCUT2D eigenvalue weighted by Crippen LogP contribution is -2.36. The molecule has 0 bridgehead atoms. The van der Waals surface area contributed by atoms with Crippen molar-refractivity contribution in [2.75, 3.05) is 43.1 Å². The van der Waals surface area contributed by atoms with Gasteiger partial charge in [0.2, 0.25) is 5.91 Å². The van der Waals surface area contributed by atoms with Crippen LogP contribution in [0, 0.1) is 11.6 Å². The molecule has 4 rings (SSSR count). The molecule has 32 heavy (non-hydrogen) atoms. The summed E-state index contributed by atoms with van der Waals surface area (Å²) < 4.78 is 33.6. The van der Waals surface area contributed by atoms with Crippen molar-refractivity contribution in [2.24, 2.45) is 0 Å². The molecule has 0 spiro atoms. The molecule has 2 aliphatic rings. The van der Waals surface area contributed by atoms with E-state index in [1.165, 1.54) is 30.3 Å². The van der Waals surface area contributed by atoms with Gasteiger partial charge in [-0.15, -0.1) is 0 Å². The van der Waals surface area contributed by atoms with E-state index >= 15 is 0 Å². The minimum absolute atomic E-state index is 0.0455. The first-order valence-corrected chi connectivity index (χ1v) is 10.7. The highest BCUT2D eigenvalue weighted by molar-refractivity contribution is 8.18. The standard InChI is InChI=1S/C22H19F2N3O4S/c23-15-3-1-2-4-17(15)25-20(28)13-27-21(29)19(32-22(27)30)12-14-5-6-18(16(24)11-14)26-7-9-31-10-8-26/h1-6,11-12H,7-10,13H2,(H,25,28)/b19-12-. The third-order valence-corrected chi connectivity index (χ3v) is 5.85. The number of nitrogens with one attached hydrogen (secondary N) is 1. The summed E-state index contributed by atoms with van der Waals surface area (Å²) in [7, 11) is 0. The maximum atomic E-state index is 14.6. The Hall–Kier alpha value is -3.24. The van der Waals surface area contributed by atoms with E-state index in [1.54, 1.807) is 18.2 Å². The molecular weight excluding hydrogens is 440 g/mol. The van der Waals surface area contributed by atoms with Gasteiger partial charge in [-0.25, -0.2) is 8.78 Å². The average molecular weight is 459 g/mol. The SMILES string of the molecule is O=C(CN1C(=O)S/C(=C\c2ccc(N3CCOCC3)c(F)c2)C1=O)Nc1ccccc1F. The summed E-state index contributed by atoms with van der Waals surface area (Å²) in [6.45, 7) is 1.67. The van der Waals surface area contributed by atoms with Gasteiger partial charge in [-0.2, -0.15) is 0 Å². The van der Waals surface area contributed by atoms with Crippen LogP contribution in [0.2, 0.25) is 0 Å². The third kappa shape index (κ3) is 4.81. The smallest absolute Gasteiger partial charge is 0.294 e. The summed E-state index contributed by atoms with van der Waals surface area (Å²) in [5.41, 5.74) is 0.819. The van der Waals surface area contributed by atoms with Crippen LogP contribution in [0.25, 0.3) is 6.08 Å². The summed E-state index contributed by atoms with van der Waals surface area (Å²) in [5, 5.41) is 1.71. The van der Waals surface area contributed by atoms with Crippen molar-refractivity contribution in [3.8, 4) is 0 Å². The number of carbonyl (C=O) groups excluding carboxylic acids is 3. The number of carbonyl (C=O) groups is 3. The number of hydrogen-bond acceptors (Lipinski definition) is 6. The molecule has 0 atom stereocenters. The van der Waals surface area contributed by atoms with Crippen LogP contribution in [0.1, 0.15) is 5.56 Å². The van der Waals surface area contributed by atoms with Crippen LogP contribution in [0.15, 0.2) is 47.4 Å². The average Bonchev–Trinajstić information content (AvgIpc) is 3.03. The number of halogens is 2. The van der Waals surface area contributed by atoms with Crippen molar-refractivity contribution in [3.05, 3.63) is 64.6 Å². The molecule has 0 aromatic heterocycles. The van der Waals surface area contributed by atoms with E-state index in [2.05, 4.69) is 5.32 Å². The number of thioether (sulfide) groups is 1. The van der Waals surface area contributed by atoms with Crippen molar-refractivity contribution >= 4 is 46.3 Å². The van der Waals surface area contributed by atoms with Gasteiger partial charge in [0.05, 0.1) is 29.5 Å². The normalized spacial score (nSPS) is 17.9. The summed E-state index contributed by atoms with van der Waals surface area (Å²) in [6, 6.07) is 10.2. The predicted molar refractivity (Wildman–Crippen MR) is 117 cm³/mol. The van der Waals surface area contributed by atoms with Crippen LogP contribution >= 0.6 is 11.8 Å². The highest BCUT2D eigenvalue weighted by Crippen LogP contribution is 2.33. The van der Waals surface area contributed by atoms with E-state index in [0.717, 1.165) is 4.90 Å². The predicted octanol–water partition coefficient (Wildman–Crippen LogP) is 3.48. The molecule has 0 unspecified atom stereocenters. The van der Waals surface area contributed by atoms with Gasteiger partial charge >= 0.3 is 0 Å². The molecule has 2 fully saturated rings. The fourth-order valence-electron chi connectivity index (χ4n) is 3.36. The molecule has 2 aliphatic heterocycles. The first kappa shape index (κ1) is 22.0. The second-order valence-corrected chi connectivity index (χ2v) is 8.10. The monoisotopic (exact) mass is 459 g/mol. The first-order valence-electron chi connectivity index (χ1n) is 9.84. The first-order chi connectivity index (χ1) is 15.4. The Kier molecular flexibility index (Phi) is 6.52. The van der Waals surface area contributed by atoms with Crippen molar-refractivity contribution in [1.82, 2.24) is 4.90 Å². The number of imide groups is 1.